The maximum Gasteiger partial charge on any atom is 0.165 e. The highest BCUT2D eigenvalue weighted by atomic mass is 19.1. The Labute approximate surface area is 141 Å². The van der Waals surface area contributed by atoms with Crippen molar-refractivity contribution in [2.45, 2.75) is 25.9 Å². The molecule has 3 nitrogen and oxygen atoms in total. The third-order valence-electron chi connectivity index (χ3n) is 4.54. The summed E-state index contributed by atoms with van der Waals surface area (Å²) < 4.78 is 22.6. The summed E-state index contributed by atoms with van der Waals surface area (Å²) in [5, 5.41) is 0.818. The Morgan fingerprint density at radius 3 is 2.50 bits per heavy atom. The minimum absolute atomic E-state index is 0.130. The Hall–Kier alpha value is -2.33. The van der Waals surface area contributed by atoms with Gasteiger partial charge < -0.3 is 15.0 Å². The summed E-state index contributed by atoms with van der Waals surface area (Å²) in [6.07, 6.45) is 1.77. The molecule has 0 aliphatic heterocycles. The standard InChI is InChI=1S/C20H23FN2O/c1-13(11-22)16-12-23(3)18-10-9-17(21)20(19(16)18)24-14(2)15-7-5-4-6-8-15/h4-10,12-14H,11,22H2,1-3H3. The van der Waals surface area contributed by atoms with Gasteiger partial charge in [0.2, 0.25) is 0 Å². The first-order valence-corrected chi connectivity index (χ1v) is 8.22. The number of hydrogen-bond donors (Lipinski definition) is 1. The Morgan fingerprint density at radius 2 is 1.83 bits per heavy atom. The molecule has 0 radical (unpaired) electrons. The SMILES string of the molecule is CC(CN)c1cn(C)c2ccc(F)c(OC(C)c3ccccc3)c12. The van der Waals surface area contributed by atoms with Gasteiger partial charge in [-0.15, -0.1) is 0 Å². The molecule has 2 aromatic carbocycles. The van der Waals surface area contributed by atoms with Gasteiger partial charge in [-0.25, -0.2) is 4.39 Å². The Balaban J connectivity index is 2.11. The number of rotatable bonds is 5. The molecule has 4 heteroatoms. The van der Waals surface area contributed by atoms with Gasteiger partial charge in [-0.3, -0.25) is 0 Å². The van der Waals surface area contributed by atoms with Gasteiger partial charge in [0, 0.05) is 18.6 Å². The van der Waals surface area contributed by atoms with Crippen molar-refractivity contribution < 1.29 is 9.13 Å². The van der Waals surface area contributed by atoms with Crippen LogP contribution < -0.4 is 10.5 Å². The molecule has 0 aliphatic rings. The first-order valence-electron chi connectivity index (χ1n) is 8.22. The van der Waals surface area contributed by atoms with Gasteiger partial charge in [0.1, 0.15) is 6.10 Å². The van der Waals surface area contributed by atoms with Gasteiger partial charge in [-0.05, 0) is 42.6 Å². The first kappa shape index (κ1) is 16.5. The highest BCUT2D eigenvalue weighted by molar-refractivity contribution is 5.90. The minimum Gasteiger partial charge on any atom is -0.482 e. The zero-order valence-electron chi connectivity index (χ0n) is 14.3. The fraction of sp³-hybridized carbons (Fsp3) is 0.300. The zero-order chi connectivity index (χ0) is 17.3. The molecule has 126 valence electrons. The lowest BCUT2D eigenvalue weighted by molar-refractivity contribution is 0.219. The number of halogens is 1. The molecule has 0 spiro atoms. The summed E-state index contributed by atoms with van der Waals surface area (Å²) in [5.41, 5.74) is 8.82. The minimum atomic E-state index is -0.345. The lowest BCUT2D eigenvalue weighted by atomic mass is 10.00. The molecule has 0 bridgehead atoms. The van der Waals surface area contributed by atoms with Gasteiger partial charge in [0.25, 0.3) is 0 Å². The van der Waals surface area contributed by atoms with Crippen LogP contribution >= 0.6 is 0 Å². The van der Waals surface area contributed by atoms with E-state index in [4.69, 9.17) is 10.5 Å². The number of hydrogen-bond acceptors (Lipinski definition) is 2. The fourth-order valence-corrected chi connectivity index (χ4v) is 3.05. The van der Waals surface area contributed by atoms with E-state index in [2.05, 4.69) is 0 Å². The smallest absolute Gasteiger partial charge is 0.165 e. The number of nitrogens with two attached hydrogens (primary N) is 1. The molecular weight excluding hydrogens is 303 g/mol. The quantitative estimate of drug-likeness (QED) is 0.749. The molecule has 0 saturated carbocycles. The van der Waals surface area contributed by atoms with Crippen LogP contribution in [0.3, 0.4) is 0 Å². The summed E-state index contributed by atoms with van der Waals surface area (Å²) in [6.45, 7) is 4.48. The average molecular weight is 326 g/mol. The molecule has 2 N–H and O–H groups in total. The Bertz CT molecular complexity index is 842. The molecular formula is C20H23FN2O. The van der Waals surface area contributed by atoms with E-state index in [1.54, 1.807) is 6.07 Å². The second-order valence-electron chi connectivity index (χ2n) is 6.27. The van der Waals surface area contributed by atoms with Gasteiger partial charge in [0.15, 0.2) is 11.6 Å². The molecule has 0 fully saturated rings. The van der Waals surface area contributed by atoms with Crippen LogP contribution in [0.2, 0.25) is 0 Å². The highest BCUT2D eigenvalue weighted by Gasteiger charge is 2.21. The van der Waals surface area contributed by atoms with Crippen molar-refractivity contribution in [3.8, 4) is 5.75 Å². The van der Waals surface area contributed by atoms with Crippen LogP contribution in [0.4, 0.5) is 4.39 Å². The predicted molar refractivity (Wildman–Crippen MR) is 95.8 cm³/mol. The summed E-state index contributed by atoms with van der Waals surface area (Å²) in [4.78, 5) is 0. The Kier molecular flexibility index (Phi) is 4.58. The molecule has 0 amide bonds. The number of aryl methyl sites for hydroxylation is 1. The fourth-order valence-electron chi connectivity index (χ4n) is 3.05. The average Bonchev–Trinajstić information content (AvgIpc) is 2.94. The maximum atomic E-state index is 14.6. The third kappa shape index (κ3) is 2.89. The second kappa shape index (κ2) is 6.65. The van der Waals surface area contributed by atoms with E-state index >= 15 is 0 Å². The number of aromatic nitrogens is 1. The van der Waals surface area contributed by atoms with Gasteiger partial charge in [0.05, 0.1) is 5.52 Å². The monoisotopic (exact) mass is 326 g/mol. The number of benzene rings is 2. The van der Waals surface area contributed by atoms with Gasteiger partial charge in [-0.1, -0.05) is 37.3 Å². The van der Waals surface area contributed by atoms with Crippen molar-refractivity contribution in [3.05, 3.63) is 65.6 Å². The van der Waals surface area contributed by atoms with Crippen molar-refractivity contribution in [2.24, 2.45) is 12.8 Å². The summed E-state index contributed by atoms with van der Waals surface area (Å²) in [5.74, 6) is 0.0894. The van der Waals surface area contributed by atoms with E-state index in [1.165, 1.54) is 6.07 Å². The van der Waals surface area contributed by atoms with Crippen LogP contribution in [-0.2, 0) is 7.05 Å². The van der Waals surface area contributed by atoms with E-state index in [0.29, 0.717) is 12.3 Å². The van der Waals surface area contributed by atoms with Crippen molar-refractivity contribution in [3.63, 3.8) is 0 Å². The summed E-state index contributed by atoms with van der Waals surface area (Å²) in [7, 11) is 1.96. The van der Waals surface area contributed by atoms with Crippen LogP contribution in [0.5, 0.6) is 5.75 Å². The number of nitrogens with zero attached hydrogens (tertiary/aromatic N) is 1. The largest absolute Gasteiger partial charge is 0.482 e. The molecule has 1 aromatic heterocycles. The Morgan fingerprint density at radius 1 is 1.12 bits per heavy atom. The summed E-state index contributed by atoms with van der Waals surface area (Å²) in [6, 6.07) is 13.1. The molecule has 2 atom stereocenters. The van der Waals surface area contributed by atoms with Crippen molar-refractivity contribution >= 4 is 10.9 Å². The molecule has 3 aromatic rings. The number of fused-ring (bicyclic) bond motifs is 1. The van der Waals surface area contributed by atoms with E-state index in [0.717, 1.165) is 22.0 Å². The van der Waals surface area contributed by atoms with Gasteiger partial charge >= 0.3 is 0 Å². The maximum absolute atomic E-state index is 14.6. The molecule has 2 unspecified atom stereocenters. The molecule has 0 aliphatic carbocycles. The lowest BCUT2D eigenvalue weighted by Gasteiger charge is -2.18. The van der Waals surface area contributed by atoms with Crippen molar-refractivity contribution in [1.29, 1.82) is 0 Å². The second-order valence-corrected chi connectivity index (χ2v) is 6.27. The van der Waals surface area contributed by atoms with E-state index in [9.17, 15) is 4.39 Å². The van der Waals surface area contributed by atoms with E-state index < -0.39 is 0 Å². The molecule has 1 heterocycles. The van der Waals surface area contributed by atoms with E-state index in [1.807, 2.05) is 62.0 Å². The van der Waals surface area contributed by atoms with Crippen molar-refractivity contribution in [1.82, 2.24) is 4.57 Å². The molecule has 0 saturated heterocycles. The van der Waals surface area contributed by atoms with Gasteiger partial charge in [-0.2, -0.15) is 0 Å². The topological polar surface area (TPSA) is 40.2 Å². The third-order valence-corrected chi connectivity index (χ3v) is 4.54. The van der Waals surface area contributed by atoms with Crippen LogP contribution in [0.15, 0.2) is 48.7 Å². The lowest BCUT2D eigenvalue weighted by Crippen LogP contribution is -2.09. The van der Waals surface area contributed by atoms with Crippen molar-refractivity contribution in [2.75, 3.05) is 6.54 Å². The van der Waals surface area contributed by atoms with Crippen LogP contribution in [0, 0.1) is 5.82 Å². The predicted octanol–water partition coefficient (Wildman–Crippen LogP) is 4.52. The van der Waals surface area contributed by atoms with Crippen LogP contribution in [0.25, 0.3) is 10.9 Å². The highest BCUT2D eigenvalue weighted by Crippen LogP contribution is 2.38. The molecule has 3 rings (SSSR count). The number of ether oxygens (including phenoxy) is 1. The van der Waals surface area contributed by atoms with E-state index in [-0.39, 0.29) is 17.8 Å². The van der Waals surface area contributed by atoms with Crippen LogP contribution in [-0.4, -0.2) is 11.1 Å². The summed E-state index contributed by atoms with van der Waals surface area (Å²) >= 11 is 0. The zero-order valence-corrected chi connectivity index (χ0v) is 14.3. The normalized spacial score (nSPS) is 13.9. The first-order chi connectivity index (χ1) is 11.5. The molecule has 24 heavy (non-hydrogen) atoms. The van der Waals surface area contributed by atoms with Crippen LogP contribution in [0.1, 0.15) is 37.0 Å².